The largest absolute Gasteiger partial charge is 0.485 e. The molecule has 0 unspecified atom stereocenters. The number of halogens is 4. The fourth-order valence-corrected chi connectivity index (χ4v) is 6.85. The summed E-state index contributed by atoms with van der Waals surface area (Å²) in [4.78, 5) is 56.9. The fraction of sp³-hybridized carbons (Fsp3) is 0.106. The predicted octanol–water partition coefficient (Wildman–Crippen LogP) is 9.20. The van der Waals surface area contributed by atoms with Crippen molar-refractivity contribution in [3.63, 3.8) is 0 Å². The van der Waals surface area contributed by atoms with Crippen molar-refractivity contribution < 1.29 is 55.6 Å². The summed E-state index contributed by atoms with van der Waals surface area (Å²) < 4.78 is 87.1. The van der Waals surface area contributed by atoms with Gasteiger partial charge in [-0.3, -0.25) is 14.4 Å². The summed E-state index contributed by atoms with van der Waals surface area (Å²) in [6.07, 6.45) is 0.953. The summed E-state index contributed by atoms with van der Waals surface area (Å²) in [5.41, 5.74) is 4.37. The second-order valence-corrected chi connectivity index (χ2v) is 14.5. The van der Waals surface area contributed by atoms with Crippen LogP contribution in [-0.2, 0) is 33.0 Å². The van der Waals surface area contributed by atoms with Crippen LogP contribution in [0.4, 0.5) is 17.6 Å². The van der Waals surface area contributed by atoms with E-state index in [2.05, 4.69) is 29.9 Å². The van der Waals surface area contributed by atoms with E-state index in [0.29, 0.717) is 63.2 Å². The molecule has 3 N–H and O–H groups in total. The number of H-pyrrole nitrogens is 3. The average Bonchev–Trinajstić information content (AvgIpc) is 4.05. The summed E-state index contributed by atoms with van der Waals surface area (Å²) in [5.74, 6) is -2.29. The van der Waals surface area contributed by atoms with Gasteiger partial charge in [0, 0.05) is 18.2 Å². The number of benzene rings is 6. The van der Waals surface area contributed by atoms with E-state index in [9.17, 15) is 31.9 Å². The number of nitrogens with zero attached hydrogens (tertiary/aromatic N) is 3. The molecule has 3 aromatic heterocycles. The lowest BCUT2D eigenvalue weighted by atomic mass is 10.2. The van der Waals surface area contributed by atoms with E-state index < -0.39 is 28.8 Å². The van der Waals surface area contributed by atoms with Gasteiger partial charge >= 0.3 is 0 Å². The monoisotopic (exact) mass is 884 g/mol. The van der Waals surface area contributed by atoms with E-state index >= 15 is 0 Å². The van der Waals surface area contributed by atoms with Crippen molar-refractivity contribution in [1.82, 2.24) is 29.9 Å². The molecule has 9 aromatic rings. The first-order valence-corrected chi connectivity index (χ1v) is 19.7. The second kappa shape index (κ2) is 18.1. The lowest BCUT2D eigenvalue weighted by Gasteiger charge is -2.13. The van der Waals surface area contributed by atoms with Crippen LogP contribution in [0.2, 0.25) is 0 Å². The molecule has 14 nitrogen and oxygen atoms in total. The standard InChI is InChI=1S/C47H32F4N6O8/c48-30-14-40(33(51)11-27(30)17-58)63-22-46-54-36-7-5-25(9-38(36)56-46)20-62-42-13-29(19-60)32(50)16-44(42)65-24-47-55-37-8-6-26(10-39(37)57-47)21-61-41-12-28(18-59)31(49)15-43(41)64-23-45-52-34-3-1-2-4-35(34)53-45/h1-19H,20-24H2,(H,52,53)(H,54,56)(H,55,57). The van der Waals surface area contributed by atoms with Gasteiger partial charge < -0.3 is 38.6 Å². The highest BCUT2D eigenvalue weighted by molar-refractivity contribution is 5.79. The van der Waals surface area contributed by atoms with E-state index in [1.165, 1.54) is 12.1 Å². The van der Waals surface area contributed by atoms with Crippen LogP contribution >= 0.6 is 0 Å². The van der Waals surface area contributed by atoms with Crippen molar-refractivity contribution >= 4 is 52.0 Å². The highest BCUT2D eigenvalue weighted by atomic mass is 19.1. The topological polar surface area (TPSA) is 183 Å². The Kier molecular flexibility index (Phi) is 11.6. The third kappa shape index (κ3) is 9.17. The number of nitrogens with one attached hydrogen (secondary N) is 3. The Balaban J connectivity index is 0.847. The zero-order valence-electron chi connectivity index (χ0n) is 33.6. The minimum Gasteiger partial charge on any atom is -0.485 e. The zero-order chi connectivity index (χ0) is 45.0. The number of carbonyl (C=O) groups is 3. The van der Waals surface area contributed by atoms with Crippen LogP contribution in [-0.4, -0.2) is 48.8 Å². The van der Waals surface area contributed by atoms with Crippen molar-refractivity contribution in [2.75, 3.05) is 0 Å². The van der Waals surface area contributed by atoms with Crippen LogP contribution in [0.25, 0.3) is 33.1 Å². The summed E-state index contributed by atoms with van der Waals surface area (Å²) >= 11 is 0. The lowest BCUT2D eigenvalue weighted by molar-refractivity contribution is 0.111. The highest BCUT2D eigenvalue weighted by Gasteiger charge is 2.18. The summed E-state index contributed by atoms with van der Waals surface area (Å²) in [7, 11) is 0. The van der Waals surface area contributed by atoms with Crippen LogP contribution in [0.1, 0.15) is 59.7 Å². The molecular weight excluding hydrogens is 853 g/mol. The van der Waals surface area contributed by atoms with Gasteiger partial charge in [-0.2, -0.15) is 0 Å². The number of fused-ring (bicyclic) bond motifs is 3. The molecule has 65 heavy (non-hydrogen) atoms. The number of hydrogen-bond acceptors (Lipinski definition) is 11. The number of aldehydes is 3. The Labute approximate surface area is 364 Å². The zero-order valence-corrected chi connectivity index (χ0v) is 33.6. The molecule has 0 saturated heterocycles. The Hall–Kier alpha value is -8.54. The molecule has 0 saturated carbocycles. The lowest BCUT2D eigenvalue weighted by Crippen LogP contribution is -2.03. The summed E-state index contributed by atoms with van der Waals surface area (Å²) in [6.45, 7) is -0.408. The van der Waals surface area contributed by atoms with Crippen LogP contribution in [0, 0.1) is 23.3 Å². The molecule has 0 aliphatic heterocycles. The van der Waals surface area contributed by atoms with E-state index in [1.807, 2.05) is 24.3 Å². The molecule has 0 spiro atoms. The number of ether oxygens (including phenoxy) is 5. The Bertz CT molecular complexity index is 3240. The third-order valence-corrected chi connectivity index (χ3v) is 10.1. The number of carbonyl (C=O) groups excluding carboxylic acids is 3. The van der Waals surface area contributed by atoms with E-state index in [-0.39, 0.29) is 79.2 Å². The molecule has 18 heteroatoms. The van der Waals surface area contributed by atoms with Crippen LogP contribution < -0.4 is 23.7 Å². The number of para-hydroxylation sites is 2. The molecule has 0 aliphatic carbocycles. The molecule has 0 bridgehead atoms. The van der Waals surface area contributed by atoms with Gasteiger partial charge in [-0.25, -0.2) is 32.5 Å². The van der Waals surface area contributed by atoms with Crippen molar-refractivity contribution in [2.45, 2.75) is 33.0 Å². The molecule has 6 aromatic carbocycles. The fourth-order valence-electron chi connectivity index (χ4n) is 6.85. The maximum atomic E-state index is 14.9. The van der Waals surface area contributed by atoms with Gasteiger partial charge in [0.05, 0.1) is 49.8 Å². The first-order chi connectivity index (χ1) is 31.6. The molecule has 0 atom stereocenters. The smallest absolute Gasteiger partial charge is 0.166 e. The minimum absolute atomic E-state index is 0.00174. The van der Waals surface area contributed by atoms with Gasteiger partial charge in [-0.15, -0.1) is 0 Å². The molecule has 0 radical (unpaired) electrons. The van der Waals surface area contributed by atoms with Crippen molar-refractivity contribution in [1.29, 1.82) is 0 Å². The Morgan fingerprint density at radius 2 is 0.785 bits per heavy atom. The number of aromatic amines is 3. The van der Waals surface area contributed by atoms with Crippen LogP contribution in [0.3, 0.4) is 0 Å². The first-order valence-electron chi connectivity index (χ1n) is 19.7. The molecular formula is C47H32F4N6O8. The number of rotatable bonds is 18. The van der Waals surface area contributed by atoms with Crippen molar-refractivity contribution in [3.8, 4) is 28.7 Å². The quantitative estimate of drug-likeness (QED) is 0.0552. The van der Waals surface area contributed by atoms with Crippen molar-refractivity contribution in [3.05, 3.63) is 166 Å². The first kappa shape index (κ1) is 41.8. The van der Waals surface area contributed by atoms with Gasteiger partial charge in [0.25, 0.3) is 0 Å². The second-order valence-electron chi connectivity index (χ2n) is 14.5. The summed E-state index contributed by atoms with van der Waals surface area (Å²) in [6, 6.07) is 24.1. The predicted molar refractivity (Wildman–Crippen MR) is 225 cm³/mol. The third-order valence-electron chi connectivity index (χ3n) is 10.1. The van der Waals surface area contributed by atoms with E-state index in [4.69, 9.17) is 23.7 Å². The number of hydrogen-bond donors (Lipinski definition) is 3. The van der Waals surface area contributed by atoms with Crippen LogP contribution in [0.5, 0.6) is 28.7 Å². The Morgan fingerprint density at radius 1 is 0.400 bits per heavy atom. The van der Waals surface area contributed by atoms with Crippen LogP contribution in [0.15, 0.2) is 97.1 Å². The van der Waals surface area contributed by atoms with Gasteiger partial charge in [-0.05, 0) is 65.7 Å². The van der Waals surface area contributed by atoms with Gasteiger partial charge in [0.15, 0.2) is 53.4 Å². The van der Waals surface area contributed by atoms with Crippen molar-refractivity contribution in [2.24, 2.45) is 0 Å². The van der Waals surface area contributed by atoms with E-state index in [1.54, 1.807) is 36.4 Å². The maximum Gasteiger partial charge on any atom is 0.166 e. The molecule has 9 rings (SSSR count). The SMILES string of the molecule is O=Cc1cc(F)c(OCc2nc3ccc(COc4cc(C=O)c(F)cc4OCc4nc5ccc(COc6cc(C=O)c(F)cc6OCc6nc7ccccc7[nH]6)cc5[nH]4)cc3[nH]2)cc1F. The minimum atomic E-state index is -0.923. The molecule has 0 aliphatic rings. The average molecular weight is 885 g/mol. The van der Waals surface area contributed by atoms with Gasteiger partial charge in [-0.1, -0.05) is 24.3 Å². The molecule has 0 fully saturated rings. The Morgan fingerprint density at radius 3 is 1.26 bits per heavy atom. The normalized spacial score (nSPS) is 11.3. The molecule has 0 amide bonds. The number of imidazole rings is 3. The van der Waals surface area contributed by atoms with E-state index in [0.717, 1.165) is 35.3 Å². The number of aromatic nitrogens is 6. The van der Waals surface area contributed by atoms with Gasteiger partial charge in [0.2, 0.25) is 0 Å². The van der Waals surface area contributed by atoms with Gasteiger partial charge in [0.1, 0.15) is 68.0 Å². The summed E-state index contributed by atoms with van der Waals surface area (Å²) in [5, 5.41) is 0. The maximum absolute atomic E-state index is 14.9. The molecule has 3 heterocycles. The molecule has 326 valence electrons. The highest BCUT2D eigenvalue weighted by Crippen LogP contribution is 2.34.